The Morgan fingerprint density at radius 2 is 2.05 bits per heavy atom. The third-order valence-electron chi connectivity index (χ3n) is 3.69. The van der Waals surface area contributed by atoms with Gasteiger partial charge in [-0.3, -0.25) is 4.79 Å². The van der Waals surface area contributed by atoms with Crippen molar-refractivity contribution in [2.75, 3.05) is 16.4 Å². The zero-order valence-electron chi connectivity index (χ0n) is 11.9. The highest BCUT2D eigenvalue weighted by Gasteiger charge is 2.49. The van der Waals surface area contributed by atoms with Crippen LogP contribution in [0.1, 0.15) is 13.3 Å². The number of anilines is 1. The zero-order valence-corrected chi connectivity index (χ0v) is 13.5. The van der Waals surface area contributed by atoms with E-state index in [2.05, 4.69) is 4.99 Å². The van der Waals surface area contributed by atoms with Crippen LogP contribution in [-0.4, -0.2) is 42.3 Å². The van der Waals surface area contributed by atoms with Gasteiger partial charge in [-0.1, -0.05) is 18.7 Å². The van der Waals surface area contributed by atoms with Crippen molar-refractivity contribution in [3.63, 3.8) is 0 Å². The molecule has 3 rings (SSSR count). The molecule has 2 saturated heterocycles. The van der Waals surface area contributed by atoms with Crippen molar-refractivity contribution < 1.29 is 17.6 Å². The second kappa shape index (κ2) is 5.66. The summed E-state index contributed by atoms with van der Waals surface area (Å²) in [5.74, 6) is -0.507. The first kappa shape index (κ1) is 15.5. The van der Waals surface area contributed by atoms with Gasteiger partial charge in [-0.05, 0) is 24.3 Å². The Hall–Kier alpha value is -1.41. The predicted molar refractivity (Wildman–Crippen MR) is 85.4 cm³/mol. The predicted octanol–water partition coefficient (Wildman–Crippen LogP) is 1.84. The first-order valence-electron chi connectivity index (χ1n) is 6.93. The standard InChI is InChI=1S/C14H15FN2O3S2/c1-2-13(18)16-14-17(10-5-3-9(15)4-6-10)11-7-22(19,20)8-12(11)21-14/h3-6,11-12H,2,7-8H2,1H3/t11-,12+/m0/s1. The van der Waals surface area contributed by atoms with Crippen molar-refractivity contribution in [2.45, 2.75) is 24.6 Å². The number of rotatable bonds is 2. The molecular formula is C14H15FN2O3S2. The molecule has 1 aromatic rings. The lowest BCUT2D eigenvalue weighted by molar-refractivity contribution is -0.117. The topological polar surface area (TPSA) is 66.8 Å². The molecule has 0 unspecified atom stereocenters. The molecule has 2 aliphatic heterocycles. The Morgan fingerprint density at radius 3 is 2.68 bits per heavy atom. The second-order valence-corrected chi connectivity index (χ2v) is 8.65. The summed E-state index contributed by atoms with van der Waals surface area (Å²) in [6.07, 6.45) is 0.287. The molecule has 118 valence electrons. The molecule has 0 saturated carbocycles. The van der Waals surface area contributed by atoms with E-state index in [4.69, 9.17) is 0 Å². The van der Waals surface area contributed by atoms with Crippen LogP contribution in [0.4, 0.5) is 10.1 Å². The highest BCUT2D eigenvalue weighted by atomic mass is 32.2. The average molecular weight is 342 g/mol. The molecule has 2 aliphatic rings. The fourth-order valence-electron chi connectivity index (χ4n) is 2.65. The van der Waals surface area contributed by atoms with Crippen LogP contribution < -0.4 is 4.90 Å². The maximum absolute atomic E-state index is 13.1. The Morgan fingerprint density at radius 1 is 1.36 bits per heavy atom. The van der Waals surface area contributed by atoms with Crippen molar-refractivity contribution >= 4 is 38.4 Å². The fraction of sp³-hybridized carbons (Fsp3) is 0.429. The van der Waals surface area contributed by atoms with Gasteiger partial charge >= 0.3 is 0 Å². The number of aliphatic imine (C=N–C) groups is 1. The maximum atomic E-state index is 13.1. The van der Waals surface area contributed by atoms with Crippen molar-refractivity contribution in [1.82, 2.24) is 0 Å². The number of carbonyl (C=O) groups excluding carboxylic acids is 1. The summed E-state index contributed by atoms with van der Waals surface area (Å²) in [5, 5.41) is 0.363. The molecule has 1 aromatic carbocycles. The molecule has 2 atom stereocenters. The van der Waals surface area contributed by atoms with E-state index < -0.39 is 9.84 Å². The van der Waals surface area contributed by atoms with Gasteiger partial charge in [-0.15, -0.1) is 0 Å². The van der Waals surface area contributed by atoms with E-state index in [1.807, 2.05) is 0 Å². The van der Waals surface area contributed by atoms with Crippen LogP contribution in [-0.2, 0) is 14.6 Å². The SMILES string of the molecule is CCC(=O)N=C1S[C@@H]2CS(=O)(=O)C[C@@H]2N1c1ccc(F)cc1. The maximum Gasteiger partial charge on any atom is 0.247 e. The summed E-state index contributed by atoms with van der Waals surface area (Å²) >= 11 is 1.32. The zero-order chi connectivity index (χ0) is 15.9. The summed E-state index contributed by atoms with van der Waals surface area (Å²) in [7, 11) is -3.09. The minimum absolute atomic E-state index is 0.0291. The van der Waals surface area contributed by atoms with Gasteiger partial charge in [0, 0.05) is 17.4 Å². The number of nitrogens with zero attached hydrogens (tertiary/aromatic N) is 2. The minimum atomic E-state index is -3.09. The average Bonchev–Trinajstić information content (AvgIpc) is 2.91. The van der Waals surface area contributed by atoms with E-state index in [1.165, 1.54) is 23.9 Å². The van der Waals surface area contributed by atoms with E-state index in [1.54, 1.807) is 24.0 Å². The van der Waals surface area contributed by atoms with E-state index >= 15 is 0 Å². The normalized spacial score (nSPS) is 28.1. The first-order valence-corrected chi connectivity index (χ1v) is 9.63. The number of fused-ring (bicyclic) bond motifs is 1. The van der Waals surface area contributed by atoms with Crippen LogP contribution in [0.2, 0.25) is 0 Å². The summed E-state index contributed by atoms with van der Waals surface area (Å²) in [6.45, 7) is 1.72. The van der Waals surface area contributed by atoms with Crippen LogP contribution >= 0.6 is 11.8 Å². The second-order valence-electron chi connectivity index (χ2n) is 5.29. The van der Waals surface area contributed by atoms with Gasteiger partial charge in [-0.25, -0.2) is 12.8 Å². The monoisotopic (exact) mass is 342 g/mol. The Bertz CT molecular complexity index is 731. The van der Waals surface area contributed by atoms with Gasteiger partial charge in [0.05, 0.1) is 17.5 Å². The molecule has 0 radical (unpaired) electrons. The summed E-state index contributed by atoms with van der Waals surface area (Å²) in [4.78, 5) is 17.5. The number of halogens is 1. The minimum Gasteiger partial charge on any atom is -0.316 e. The molecule has 2 fully saturated rings. The van der Waals surface area contributed by atoms with Gasteiger partial charge < -0.3 is 4.90 Å². The molecule has 0 bridgehead atoms. The highest BCUT2D eigenvalue weighted by molar-refractivity contribution is 8.16. The Balaban J connectivity index is 2.01. The largest absolute Gasteiger partial charge is 0.316 e. The van der Waals surface area contributed by atoms with E-state index in [-0.39, 0.29) is 40.9 Å². The van der Waals surface area contributed by atoms with Crippen molar-refractivity contribution in [2.24, 2.45) is 4.99 Å². The first-order chi connectivity index (χ1) is 10.4. The third kappa shape index (κ3) is 2.89. The van der Waals surface area contributed by atoms with Crippen LogP contribution in [0.25, 0.3) is 0 Å². The lowest BCUT2D eigenvalue weighted by Crippen LogP contribution is -2.37. The summed E-state index contributed by atoms with van der Waals surface area (Å²) < 4.78 is 36.8. The molecule has 0 aliphatic carbocycles. The summed E-state index contributed by atoms with van der Waals surface area (Å²) in [5.41, 5.74) is 0.654. The van der Waals surface area contributed by atoms with Crippen molar-refractivity contribution in [3.8, 4) is 0 Å². The Kier molecular flexibility index (Phi) is 3.98. The number of amides is 1. The molecule has 0 N–H and O–H groups in total. The van der Waals surface area contributed by atoms with Crippen LogP contribution in [0, 0.1) is 5.82 Å². The highest BCUT2D eigenvalue weighted by Crippen LogP contribution is 2.40. The number of carbonyl (C=O) groups is 1. The van der Waals surface area contributed by atoms with Crippen LogP contribution in [0.5, 0.6) is 0 Å². The van der Waals surface area contributed by atoms with Gasteiger partial charge in [0.15, 0.2) is 15.0 Å². The smallest absolute Gasteiger partial charge is 0.247 e. The van der Waals surface area contributed by atoms with Gasteiger partial charge in [0.25, 0.3) is 0 Å². The van der Waals surface area contributed by atoms with E-state index in [0.29, 0.717) is 10.9 Å². The molecule has 5 nitrogen and oxygen atoms in total. The van der Waals surface area contributed by atoms with E-state index in [0.717, 1.165) is 0 Å². The number of hydrogen-bond donors (Lipinski definition) is 0. The molecular weight excluding hydrogens is 327 g/mol. The summed E-state index contributed by atoms with van der Waals surface area (Å²) in [6, 6.07) is 5.53. The van der Waals surface area contributed by atoms with Gasteiger partial charge in [-0.2, -0.15) is 4.99 Å². The molecule has 0 spiro atoms. The quantitative estimate of drug-likeness (QED) is 0.820. The van der Waals surface area contributed by atoms with Crippen LogP contribution in [0.3, 0.4) is 0 Å². The fourth-order valence-corrected chi connectivity index (χ4v) is 6.59. The number of benzene rings is 1. The van der Waals surface area contributed by atoms with Crippen molar-refractivity contribution in [1.29, 1.82) is 0 Å². The molecule has 0 aromatic heterocycles. The van der Waals surface area contributed by atoms with Gasteiger partial charge in [0.1, 0.15) is 5.82 Å². The third-order valence-corrected chi connectivity index (χ3v) is 6.90. The lowest BCUT2D eigenvalue weighted by Gasteiger charge is -2.24. The lowest BCUT2D eigenvalue weighted by atomic mass is 10.2. The molecule has 2 heterocycles. The van der Waals surface area contributed by atoms with E-state index in [9.17, 15) is 17.6 Å². The van der Waals surface area contributed by atoms with Crippen molar-refractivity contribution in [3.05, 3.63) is 30.1 Å². The van der Waals surface area contributed by atoms with Crippen LogP contribution in [0.15, 0.2) is 29.3 Å². The number of hydrogen-bond acceptors (Lipinski definition) is 4. The Labute approximate surface area is 132 Å². The number of sulfone groups is 1. The number of thioether (sulfide) groups is 1. The van der Waals surface area contributed by atoms with Gasteiger partial charge in [0.2, 0.25) is 5.91 Å². The molecule has 8 heteroatoms. The number of amidine groups is 1. The molecule has 22 heavy (non-hydrogen) atoms. The molecule has 1 amide bonds.